The number of rotatable bonds is 19. The number of aromatic nitrogens is 3. The van der Waals surface area contributed by atoms with Gasteiger partial charge in [-0.1, -0.05) is 102 Å². The van der Waals surface area contributed by atoms with Crippen molar-refractivity contribution in [3.63, 3.8) is 0 Å². The highest BCUT2D eigenvalue weighted by Gasteiger charge is 2.39. The summed E-state index contributed by atoms with van der Waals surface area (Å²) in [6.07, 6.45) is 0.0945. The number of carbonyl (C=O) groups is 11. The molecule has 3 aromatic carbocycles. The Morgan fingerprint density at radius 1 is 0.625 bits per heavy atom. The normalized spacial score (nSPS) is 21.0. The number of guanidine groups is 2. The summed E-state index contributed by atoms with van der Waals surface area (Å²) in [4.78, 5) is 169. The first-order chi connectivity index (χ1) is 45.6. The highest BCUT2D eigenvalue weighted by molar-refractivity contribution is 8.76. The number of aromatic amines is 2. The van der Waals surface area contributed by atoms with Crippen molar-refractivity contribution in [2.75, 3.05) is 31.1 Å². The predicted molar refractivity (Wildman–Crippen MR) is 353 cm³/mol. The Morgan fingerprint density at radius 2 is 1.14 bits per heavy atom. The van der Waals surface area contributed by atoms with Crippen LogP contribution in [0.25, 0.3) is 21.7 Å². The number of hydrogen-bond acceptors (Lipinski definition) is 16. The molecule has 96 heavy (non-hydrogen) atoms. The van der Waals surface area contributed by atoms with E-state index in [1.165, 1.54) is 19.4 Å². The van der Waals surface area contributed by atoms with Crippen LogP contribution in [0.3, 0.4) is 0 Å². The second kappa shape index (κ2) is 38.3. The number of unbranched alkanes of at least 4 members (excludes halogenated alkanes) is 1. The van der Waals surface area contributed by atoms with Crippen LogP contribution in [-0.2, 0) is 72.0 Å². The van der Waals surface area contributed by atoms with Gasteiger partial charge in [0.25, 0.3) is 0 Å². The lowest BCUT2D eigenvalue weighted by atomic mass is 9.99. The number of amides is 10. The molecule has 0 aliphatic carbocycles. The van der Waals surface area contributed by atoms with Crippen molar-refractivity contribution in [1.29, 1.82) is 0 Å². The average molecular weight is 1380 g/mol. The van der Waals surface area contributed by atoms with Gasteiger partial charge >= 0.3 is 12.1 Å². The third-order valence-corrected chi connectivity index (χ3v) is 16.9. The summed E-state index contributed by atoms with van der Waals surface area (Å²) in [5.41, 5.74) is 30.5. The zero-order valence-corrected chi connectivity index (χ0v) is 54.1. The van der Waals surface area contributed by atoms with Gasteiger partial charge in [-0.25, -0.2) is 9.78 Å². The van der Waals surface area contributed by atoms with E-state index in [4.69, 9.17) is 38.6 Å². The van der Waals surface area contributed by atoms with E-state index in [1.807, 2.05) is 61.5 Å². The summed E-state index contributed by atoms with van der Waals surface area (Å²) < 4.78 is 31.7. The van der Waals surface area contributed by atoms with Crippen molar-refractivity contribution in [2.45, 2.75) is 133 Å². The summed E-state index contributed by atoms with van der Waals surface area (Å²) in [5.74, 6) is -11.6. The Labute approximate surface area is 556 Å². The van der Waals surface area contributed by atoms with Crippen LogP contribution < -0.4 is 76.5 Å². The number of alkyl halides is 3. The van der Waals surface area contributed by atoms with Gasteiger partial charge in [-0.2, -0.15) is 13.2 Å². The molecule has 2 aromatic heterocycles. The molecule has 3 heterocycles. The topological polar surface area (TPSA) is 516 Å². The fourth-order valence-corrected chi connectivity index (χ4v) is 12.0. The number of nitrogens with two attached hydrogens (primary N) is 5. The standard InChI is InChI=1S/C58H79N19O10S2.C2HF3O2/c1-3-4-14-40-51(82)72-41(16-9-20-65-57(60)61)53(84)77-45(25-37-27-64-31-69-37)55(86)75-43(23-33-18-19-34-11-5-6-12-35(34)22-33)54(85)73-42(17-10-21-66-58(62)63)52(83)76-44(24-36-26-67-39-15-8-7-13-38(36)39)50(81)68-28-48(79)71-46(49(59)80)29-88-89-30-47(56(87)74-40)70-32(2)78;3-2(4,5)1(6)7/h5-8,11-13,15,18-19,22,26-27,31,40-47,67H,3-4,9-10,14,16-17,20-21,23-25,28-30H2,1-2H3,(H2,59,80)(H,64,69)(H,68,81)(H,70,78)(H,71,79)(H,72,82)(H,73,85)(H,74,87)(H,75,86)(H,76,83)(H,77,84)(H4,60,61,65)(H4,62,63,66);(H,6,7)/t40-,41-,42-,43+,44-,45-,46-,47-;/m0./s1. The molecular weight excluding hydrogens is 1300 g/mol. The lowest BCUT2D eigenvalue weighted by Gasteiger charge is -2.28. The number of halogens is 3. The molecule has 36 heteroatoms. The zero-order chi connectivity index (χ0) is 70.5. The molecule has 1 saturated heterocycles. The Bertz CT molecular complexity index is 3570. The Balaban J connectivity index is 0.00000225. The number of para-hydroxylation sites is 1. The fraction of sp³-hybridized carbons (Fsp3) is 0.433. The number of imidazole rings is 1. The maximum atomic E-state index is 15.1. The van der Waals surface area contributed by atoms with Gasteiger partial charge < -0.3 is 91.6 Å². The number of aliphatic carboxylic acids is 1. The molecule has 0 unspecified atom stereocenters. The summed E-state index contributed by atoms with van der Waals surface area (Å²) in [5, 5.41) is 33.8. The zero-order valence-electron chi connectivity index (χ0n) is 52.4. The minimum absolute atomic E-state index is 0.0213. The number of hydrogen-bond donors (Lipinski definition) is 17. The number of aliphatic imine (C=N–C) groups is 2. The van der Waals surface area contributed by atoms with Gasteiger partial charge in [0.05, 0.1) is 12.9 Å². The fourth-order valence-electron chi connectivity index (χ4n) is 9.61. The molecule has 0 spiro atoms. The molecule has 8 atom stereocenters. The van der Waals surface area contributed by atoms with E-state index >= 15 is 9.59 Å². The number of nitrogens with one attached hydrogen (secondary N) is 11. The third kappa shape index (κ3) is 26.0. The Kier molecular flexibility index (Phi) is 30.5. The van der Waals surface area contributed by atoms with Gasteiger partial charge in [-0.05, 0) is 60.1 Å². The number of primary amides is 1. The number of H-pyrrole nitrogens is 2. The highest BCUT2D eigenvalue weighted by atomic mass is 33.1. The molecule has 0 saturated carbocycles. The first-order valence-corrected chi connectivity index (χ1v) is 32.7. The van der Waals surface area contributed by atoms with Crippen LogP contribution in [0.4, 0.5) is 13.2 Å². The van der Waals surface area contributed by atoms with Gasteiger partial charge in [-0.15, -0.1) is 0 Å². The lowest BCUT2D eigenvalue weighted by Crippen LogP contribution is -2.61. The number of nitrogens with zero attached hydrogens (tertiary/aromatic N) is 3. The third-order valence-electron chi connectivity index (χ3n) is 14.5. The maximum absolute atomic E-state index is 15.1. The van der Waals surface area contributed by atoms with E-state index in [1.54, 1.807) is 18.3 Å². The van der Waals surface area contributed by atoms with Crippen LogP contribution >= 0.6 is 21.6 Å². The number of benzene rings is 3. The smallest absolute Gasteiger partial charge is 0.475 e. The highest BCUT2D eigenvalue weighted by Crippen LogP contribution is 2.24. The molecule has 31 nitrogen and oxygen atoms in total. The van der Waals surface area contributed by atoms with Crippen molar-refractivity contribution in [3.05, 3.63) is 102 Å². The summed E-state index contributed by atoms with van der Waals surface area (Å²) >= 11 is 0. The van der Waals surface area contributed by atoms with Gasteiger partial charge in [0.15, 0.2) is 11.9 Å². The van der Waals surface area contributed by atoms with Gasteiger partial charge in [0.1, 0.15) is 48.3 Å². The van der Waals surface area contributed by atoms with Crippen molar-refractivity contribution in [2.24, 2.45) is 38.7 Å². The van der Waals surface area contributed by atoms with Crippen molar-refractivity contribution < 1.29 is 71.0 Å². The van der Waals surface area contributed by atoms with Crippen molar-refractivity contribution in [1.82, 2.24) is 62.8 Å². The molecule has 6 rings (SSSR count). The number of fused-ring (bicyclic) bond motifs is 2. The Morgan fingerprint density at radius 3 is 1.68 bits per heavy atom. The largest absolute Gasteiger partial charge is 0.490 e. The molecular formula is C60H80F3N19O12S2. The summed E-state index contributed by atoms with van der Waals surface area (Å²) in [6.45, 7) is 2.44. The lowest BCUT2D eigenvalue weighted by molar-refractivity contribution is -0.192. The second-order valence-electron chi connectivity index (χ2n) is 22.0. The van der Waals surface area contributed by atoms with Crippen molar-refractivity contribution >= 4 is 120 Å². The molecule has 1 aliphatic rings. The quantitative estimate of drug-likeness (QED) is 0.0202. The van der Waals surface area contributed by atoms with E-state index < -0.39 is 126 Å². The van der Waals surface area contributed by atoms with Crippen LogP contribution in [0.15, 0.2) is 95.4 Å². The SMILES string of the molecule is CCCC[C@@H]1NC(=O)[C@@H](NC(C)=O)CSSC[C@@H](C(N)=O)NC(=O)CNC(=O)[C@H](Cc2c[nH]c3ccccc23)NC(=O)[C@H](CCCN=C(N)N)NC(=O)[C@@H](Cc2ccc3ccccc3c2)NC(=O)[C@H](Cc2cnc[nH]2)NC(=O)[C@H](CCCN=C(N)N)NC1=O.O=C(O)C(F)(F)F. The van der Waals surface area contributed by atoms with Crippen molar-refractivity contribution in [3.8, 4) is 0 Å². The monoisotopic (exact) mass is 1380 g/mol. The predicted octanol–water partition coefficient (Wildman–Crippen LogP) is -1.10. The van der Waals surface area contributed by atoms with E-state index in [9.17, 15) is 51.5 Å². The number of carbonyl (C=O) groups excluding carboxylic acids is 10. The molecule has 5 aromatic rings. The van der Waals surface area contributed by atoms with Crippen LogP contribution in [0, 0.1) is 0 Å². The molecule has 0 radical (unpaired) electrons. The molecule has 1 aliphatic heterocycles. The first-order valence-electron chi connectivity index (χ1n) is 30.2. The van der Waals surface area contributed by atoms with Crippen LogP contribution in [-0.4, -0.2) is 183 Å². The molecule has 1 fully saturated rings. The molecule has 10 amide bonds. The summed E-state index contributed by atoms with van der Waals surface area (Å²) in [7, 11) is 2.08. The van der Waals surface area contributed by atoms with E-state index in [-0.39, 0.29) is 87.9 Å². The number of carboxylic acids is 1. The van der Waals surface area contributed by atoms with Gasteiger partial charge in [-0.3, -0.25) is 57.9 Å². The van der Waals surface area contributed by atoms with E-state index in [2.05, 4.69) is 72.8 Å². The Hall–Kier alpha value is -10.1. The van der Waals surface area contributed by atoms with Gasteiger partial charge in [0, 0.05) is 79.8 Å². The van der Waals surface area contributed by atoms with Crippen LogP contribution in [0.2, 0.25) is 0 Å². The minimum Gasteiger partial charge on any atom is -0.475 e. The van der Waals surface area contributed by atoms with Crippen LogP contribution in [0.5, 0.6) is 0 Å². The van der Waals surface area contributed by atoms with Crippen LogP contribution in [0.1, 0.15) is 75.6 Å². The number of carboxylic acid groups (broad SMARTS) is 1. The van der Waals surface area contributed by atoms with E-state index in [0.717, 1.165) is 43.3 Å². The average Bonchev–Trinajstić information content (AvgIpc) is 1.61. The van der Waals surface area contributed by atoms with E-state index in [0.29, 0.717) is 29.7 Å². The molecule has 22 N–H and O–H groups in total. The molecule has 520 valence electrons. The second-order valence-corrected chi connectivity index (χ2v) is 24.6. The molecule has 0 bridgehead atoms. The maximum Gasteiger partial charge on any atom is 0.490 e. The van der Waals surface area contributed by atoms with Gasteiger partial charge in [0.2, 0.25) is 59.1 Å². The minimum atomic E-state index is -5.08. The first kappa shape index (κ1) is 76.6. The summed E-state index contributed by atoms with van der Waals surface area (Å²) in [6, 6.07) is 9.22.